The normalized spacial score (nSPS) is 53.4. The van der Waals surface area contributed by atoms with E-state index in [2.05, 4.69) is 20.8 Å². The van der Waals surface area contributed by atoms with Crippen LogP contribution < -0.4 is 0 Å². The Balaban J connectivity index is 1.36. The zero-order valence-electron chi connectivity index (χ0n) is 19.9. The third-order valence-corrected chi connectivity index (χ3v) is 12.1. The lowest BCUT2D eigenvalue weighted by molar-refractivity contribution is -0.162. The second-order valence-electron chi connectivity index (χ2n) is 12.6. The molecule has 0 unspecified atom stereocenters. The van der Waals surface area contributed by atoms with E-state index >= 15 is 0 Å². The maximum absolute atomic E-state index is 10.9. The van der Waals surface area contributed by atoms with Gasteiger partial charge in [0.15, 0.2) is 0 Å². The molecule has 0 saturated heterocycles. The average Bonchev–Trinajstić information content (AvgIpc) is 3.24. The molecule has 11 atom stereocenters. The minimum atomic E-state index is -0.212. The summed E-state index contributed by atoms with van der Waals surface area (Å²) in [6.07, 6.45) is 13.9. The van der Waals surface area contributed by atoms with Gasteiger partial charge < -0.3 is 14.9 Å². The molecule has 5 rings (SSSR count). The first-order chi connectivity index (χ1) is 14.3. The molecule has 0 aromatic rings. The molecule has 1 spiro atoms. The van der Waals surface area contributed by atoms with Crippen LogP contribution in [0, 0.1) is 51.8 Å². The molecule has 5 saturated carbocycles. The number of aliphatic hydroxyl groups is 2. The summed E-state index contributed by atoms with van der Waals surface area (Å²) in [7, 11) is 1.98. The van der Waals surface area contributed by atoms with Crippen LogP contribution in [0.4, 0.5) is 0 Å². The topological polar surface area (TPSA) is 49.7 Å². The molecule has 0 bridgehead atoms. The summed E-state index contributed by atoms with van der Waals surface area (Å²) in [5.41, 5.74) is 1.42. The van der Waals surface area contributed by atoms with Crippen molar-refractivity contribution in [3.8, 4) is 0 Å². The summed E-state index contributed by atoms with van der Waals surface area (Å²) < 4.78 is 6.25. The van der Waals surface area contributed by atoms with E-state index in [1.807, 2.05) is 7.11 Å². The third-order valence-electron chi connectivity index (χ3n) is 12.1. The molecule has 0 aromatic heterocycles. The van der Waals surface area contributed by atoms with Crippen molar-refractivity contribution in [2.45, 2.75) is 104 Å². The number of hydrogen-bond acceptors (Lipinski definition) is 3. The van der Waals surface area contributed by atoms with Gasteiger partial charge in [0.05, 0.1) is 12.2 Å². The molecule has 5 aliphatic rings. The Morgan fingerprint density at radius 1 is 1.03 bits per heavy atom. The van der Waals surface area contributed by atoms with E-state index in [1.165, 1.54) is 51.4 Å². The maximum atomic E-state index is 10.9. The first-order valence-corrected chi connectivity index (χ1v) is 13.1. The van der Waals surface area contributed by atoms with Gasteiger partial charge in [-0.2, -0.15) is 0 Å². The molecule has 3 heteroatoms. The van der Waals surface area contributed by atoms with Gasteiger partial charge >= 0.3 is 0 Å². The molecule has 172 valence electrons. The minimum Gasteiger partial charge on any atom is -0.396 e. The summed E-state index contributed by atoms with van der Waals surface area (Å²) in [5.74, 6) is 4.52. The monoisotopic (exact) mass is 418 g/mol. The highest BCUT2D eigenvalue weighted by Gasteiger charge is 2.77. The van der Waals surface area contributed by atoms with Crippen LogP contribution in [-0.2, 0) is 4.74 Å². The van der Waals surface area contributed by atoms with Crippen LogP contribution >= 0.6 is 0 Å². The van der Waals surface area contributed by atoms with Crippen molar-refractivity contribution >= 4 is 0 Å². The van der Waals surface area contributed by atoms with Crippen LogP contribution in [-0.4, -0.2) is 36.1 Å². The van der Waals surface area contributed by atoms with Crippen molar-refractivity contribution in [1.82, 2.24) is 0 Å². The van der Waals surface area contributed by atoms with Gasteiger partial charge in [0.1, 0.15) is 0 Å². The van der Waals surface area contributed by atoms with Gasteiger partial charge in [-0.25, -0.2) is 0 Å². The van der Waals surface area contributed by atoms with Gasteiger partial charge in [-0.3, -0.25) is 0 Å². The smallest absolute Gasteiger partial charge is 0.0638 e. The van der Waals surface area contributed by atoms with E-state index in [0.29, 0.717) is 34.2 Å². The predicted octanol–water partition coefficient (Wildman–Crippen LogP) is 5.43. The highest BCUT2D eigenvalue weighted by molar-refractivity contribution is 5.26. The zero-order valence-corrected chi connectivity index (χ0v) is 19.9. The number of ether oxygens (including phenoxy) is 1. The van der Waals surface area contributed by atoms with Crippen molar-refractivity contribution in [2.24, 2.45) is 51.8 Å². The largest absolute Gasteiger partial charge is 0.396 e. The fraction of sp³-hybridized carbons (Fsp3) is 1.00. The number of rotatable bonds is 7. The molecule has 30 heavy (non-hydrogen) atoms. The first kappa shape index (κ1) is 21.7. The van der Waals surface area contributed by atoms with Gasteiger partial charge in [-0.15, -0.1) is 0 Å². The second-order valence-corrected chi connectivity index (χ2v) is 12.6. The predicted molar refractivity (Wildman–Crippen MR) is 120 cm³/mol. The summed E-state index contributed by atoms with van der Waals surface area (Å²) >= 11 is 0. The molecule has 0 aromatic carbocycles. The fourth-order valence-corrected chi connectivity index (χ4v) is 10.5. The number of fused-ring (bicyclic) bond motifs is 4. The molecular formula is C27H46O3. The highest BCUT2D eigenvalue weighted by Crippen LogP contribution is 2.82. The van der Waals surface area contributed by atoms with Crippen molar-refractivity contribution in [2.75, 3.05) is 13.7 Å². The minimum absolute atomic E-state index is 0.212. The Morgan fingerprint density at radius 2 is 1.83 bits per heavy atom. The van der Waals surface area contributed by atoms with E-state index in [9.17, 15) is 5.11 Å². The lowest BCUT2D eigenvalue weighted by Gasteiger charge is -2.61. The van der Waals surface area contributed by atoms with E-state index in [4.69, 9.17) is 9.84 Å². The highest BCUT2D eigenvalue weighted by atomic mass is 16.5. The number of aliphatic hydroxyl groups excluding tert-OH is 2. The molecule has 5 aliphatic carbocycles. The fourth-order valence-electron chi connectivity index (χ4n) is 10.5. The molecule has 0 aliphatic heterocycles. The quantitative estimate of drug-likeness (QED) is 0.542. The number of hydrogen-bond donors (Lipinski definition) is 2. The summed E-state index contributed by atoms with van der Waals surface area (Å²) in [6.45, 7) is 7.81. The Morgan fingerprint density at radius 3 is 2.53 bits per heavy atom. The van der Waals surface area contributed by atoms with E-state index in [1.54, 1.807) is 0 Å². The molecular weight excluding hydrogens is 372 g/mol. The molecule has 2 N–H and O–H groups in total. The van der Waals surface area contributed by atoms with Gasteiger partial charge in [-0.05, 0) is 117 Å². The van der Waals surface area contributed by atoms with Crippen molar-refractivity contribution in [3.05, 3.63) is 0 Å². The number of unbranched alkanes of at least 4 members (excludes halogenated alkanes) is 1. The number of methoxy groups -OCH3 is 1. The van der Waals surface area contributed by atoms with Crippen LogP contribution in [0.2, 0.25) is 0 Å². The Kier molecular flexibility index (Phi) is 5.39. The molecule has 0 heterocycles. The van der Waals surface area contributed by atoms with Gasteiger partial charge in [0, 0.05) is 19.1 Å². The third kappa shape index (κ3) is 2.73. The standard InChI is InChI=1S/C27H46O3/c1-17(23(29)7-5-6-14-28)20-8-9-21-19-15-24(30-4)27-16-18(27)10-13-26(27,3)22(19)11-12-25(20,21)2/h17-24,28-29H,5-16H2,1-4H3/t17-,18+,19-,20+,21-,22-,23+,24+,25+,26+,27-/m0/s1. The lowest BCUT2D eigenvalue weighted by atomic mass is 9.45. The Hall–Kier alpha value is -0.120. The van der Waals surface area contributed by atoms with E-state index in [-0.39, 0.29) is 12.7 Å². The van der Waals surface area contributed by atoms with Crippen molar-refractivity contribution < 1.29 is 14.9 Å². The second kappa shape index (κ2) is 7.45. The first-order valence-electron chi connectivity index (χ1n) is 13.1. The van der Waals surface area contributed by atoms with Gasteiger partial charge in [0.25, 0.3) is 0 Å². The molecule has 0 radical (unpaired) electrons. The van der Waals surface area contributed by atoms with Crippen molar-refractivity contribution in [3.63, 3.8) is 0 Å². The molecule has 5 fully saturated rings. The van der Waals surface area contributed by atoms with Crippen LogP contribution in [0.5, 0.6) is 0 Å². The zero-order chi connectivity index (χ0) is 21.3. The molecule has 3 nitrogen and oxygen atoms in total. The molecule has 0 amide bonds. The van der Waals surface area contributed by atoms with Gasteiger partial charge in [0.2, 0.25) is 0 Å². The lowest BCUT2D eigenvalue weighted by Crippen LogP contribution is -2.57. The maximum Gasteiger partial charge on any atom is 0.0638 e. The van der Waals surface area contributed by atoms with Crippen LogP contribution in [0.1, 0.15) is 91.4 Å². The summed E-state index contributed by atoms with van der Waals surface area (Å²) in [5, 5.41) is 20.0. The Labute approximate surface area is 184 Å². The average molecular weight is 419 g/mol. The Bertz CT molecular complexity index is 650. The van der Waals surface area contributed by atoms with Crippen molar-refractivity contribution in [1.29, 1.82) is 0 Å². The van der Waals surface area contributed by atoms with E-state index < -0.39 is 0 Å². The van der Waals surface area contributed by atoms with Crippen LogP contribution in [0.3, 0.4) is 0 Å². The SMILES string of the molecule is CO[C@@H]1C[C@H]2[C@@H]3CC[C@H]([C@H](C)[C@H](O)CCCCO)[C@@]3(C)CC[C@@H]2[C@@]2(C)CC[C@@H]3C[C@]312. The van der Waals surface area contributed by atoms with Crippen LogP contribution in [0.25, 0.3) is 0 Å². The van der Waals surface area contributed by atoms with Crippen LogP contribution in [0.15, 0.2) is 0 Å². The van der Waals surface area contributed by atoms with Gasteiger partial charge in [-0.1, -0.05) is 20.8 Å². The summed E-state index contributed by atoms with van der Waals surface area (Å²) in [6, 6.07) is 0. The summed E-state index contributed by atoms with van der Waals surface area (Å²) in [4.78, 5) is 0. The van der Waals surface area contributed by atoms with E-state index in [0.717, 1.165) is 42.9 Å².